The van der Waals surface area contributed by atoms with Gasteiger partial charge in [0.25, 0.3) is 5.69 Å². The molecule has 0 aliphatic carbocycles. The molecule has 4 nitrogen and oxygen atoms in total. The Morgan fingerprint density at radius 3 is 2.73 bits per heavy atom. The summed E-state index contributed by atoms with van der Waals surface area (Å²) in [5.41, 5.74) is 1.05. The molecule has 0 bridgehead atoms. The van der Waals surface area contributed by atoms with Crippen LogP contribution in [-0.4, -0.2) is 11.2 Å². The first-order valence-electron chi connectivity index (χ1n) is 4.12. The van der Waals surface area contributed by atoms with Crippen molar-refractivity contribution in [2.45, 2.75) is 6.92 Å². The van der Waals surface area contributed by atoms with Crippen LogP contribution in [-0.2, 0) is 4.79 Å². The Morgan fingerprint density at radius 2 is 2.20 bits per heavy atom. The lowest BCUT2D eigenvalue weighted by Gasteiger charge is -2.02. The summed E-state index contributed by atoms with van der Waals surface area (Å²) in [6.07, 6.45) is 1.93. The zero-order valence-corrected chi connectivity index (χ0v) is 8.69. The second-order valence-electron chi connectivity index (χ2n) is 2.91. The molecule has 0 aliphatic heterocycles. The number of non-ortho nitro benzene ring substituents is 1. The van der Waals surface area contributed by atoms with Gasteiger partial charge in [0, 0.05) is 22.7 Å². The van der Waals surface area contributed by atoms with Crippen LogP contribution in [0.1, 0.15) is 12.5 Å². The van der Waals surface area contributed by atoms with Gasteiger partial charge in [-0.25, -0.2) is 0 Å². The van der Waals surface area contributed by atoms with Crippen LogP contribution in [0, 0.1) is 10.1 Å². The molecule has 0 fully saturated rings. The molecule has 0 N–H and O–H groups in total. The molecule has 0 saturated heterocycles. The second-order valence-corrected chi connectivity index (χ2v) is 3.31. The van der Waals surface area contributed by atoms with Gasteiger partial charge >= 0.3 is 0 Å². The van der Waals surface area contributed by atoms with Crippen molar-refractivity contribution < 1.29 is 9.72 Å². The highest BCUT2D eigenvalue weighted by atomic mass is 35.5. The van der Waals surface area contributed by atoms with Gasteiger partial charge in [-0.15, -0.1) is 0 Å². The molecule has 0 atom stereocenters. The molecule has 1 rings (SSSR count). The minimum Gasteiger partial charge on any atom is -0.299 e. The Balaban J connectivity index is 3.28. The van der Waals surface area contributed by atoms with Gasteiger partial charge < -0.3 is 0 Å². The number of benzene rings is 1. The summed E-state index contributed by atoms with van der Waals surface area (Å²) in [6, 6.07) is 4.11. The summed E-state index contributed by atoms with van der Waals surface area (Å²) in [5.74, 6) is 0. The highest BCUT2D eigenvalue weighted by molar-refractivity contribution is 6.32. The van der Waals surface area contributed by atoms with Crippen LogP contribution in [0.25, 0.3) is 5.57 Å². The lowest BCUT2D eigenvalue weighted by Crippen LogP contribution is -1.90. The lowest BCUT2D eigenvalue weighted by molar-refractivity contribution is -0.384. The molecule has 0 radical (unpaired) electrons. The van der Waals surface area contributed by atoms with Crippen molar-refractivity contribution >= 4 is 29.1 Å². The standard InChI is InChI=1S/C10H8ClNO3/c1-7(4-5-13)9-6-8(12(14)15)2-3-10(9)11/h2-6H,1H3. The number of aldehydes is 1. The maximum atomic E-state index is 10.5. The van der Waals surface area contributed by atoms with E-state index in [1.165, 1.54) is 24.3 Å². The van der Waals surface area contributed by atoms with E-state index in [1.54, 1.807) is 6.92 Å². The highest BCUT2D eigenvalue weighted by Crippen LogP contribution is 2.27. The molecule has 15 heavy (non-hydrogen) atoms. The summed E-state index contributed by atoms with van der Waals surface area (Å²) >= 11 is 5.85. The van der Waals surface area contributed by atoms with E-state index in [4.69, 9.17) is 11.6 Å². The molecule has 78 valence electrons. The van der Waals surface area contributed by atoms with Gasteiger partial charge in [0.1, 0.15) is 6.29 Å². The Kier molecular flexibility index (Phi) is 3.57. The van der Waals surface area contributed by atoms with Crippen LogP contribution in [0.5, 0.6) is 0 Å². The van der Waals surface area contributed by atoms with Gasteiger partial charge in [0.2, 0.25) is 0 Å². The molecule has 5 heteroatoms. The third-order valence-electron chi connectivity index (χ3n) is 1.90. The SMILES string of the molecule is CC(=CC=O)c1cc([N+](=O)[O-])ccc1Cl. The number of allylic oxidation sites excluding steroid dienone is 2. The third-order valence-corrected chi connectivity index (χ3v) is 2.23. The quantitative estimate of drug-likeness (QED) is 0.344. The number of nitro groups is 1. The van der Waals surface area contributed by atoms with Crippen LogP contribution in [0.4, 0.5) is 5.69 Å². The van der Waals surface area contributed by atoms with E-state index in [2.05, 4.69) is 0 Å². The summed E-state index contributed by atoms with van der Waals surface area (Å²) in [5, 5.41) is 10.9. The molecular weight excluding hydrogens is 218 g/mol. The van der Waals surface area contributed by atoms with Gasteiger partial charge in [-0.1, -0.05) is 11.6 Å². The first-order chi connectivity index (χ1) is 7.06. The largest absolute Gasteiger partial charge is 0.299 e. The van der Waals surface area contributed by atoms with Crippen LogP contribution in [0.2, 0.25) is 5.02 Å². The summed E-state index contributed by atoms with van der Waals surface area (Å²) in [6.45, 7) is 1.67. The number of nitro benzene ring substituents is 1. The Bertz CT molecular complexity index is 440. The van der Waals surface area contributed by atoms with E-state index < -0.39 is 4.92 Å². The van der Waals surface area contributed by atoms with Crippen molar-refractivity contribution in [1.82, 2.24) is 0 Å². The zero-order chi connectivity index (χ0) is 11.4. The molecule has 0 unspecified atom stereocenters. The van der Waals surface area contributed by atoms with Gasteiger partial charge in [-0.05, 0) is 24.6 Å². The Morgan fingerprint density at radius 1 is 1.53 bits per heavy atom. The van der Waals surface area contributed by atoms with Crippen LogP contribution in [0.3, 0.4) is 0 Å². The van der Waals surface area contributed by atoms with Crippen LogP contribution in [0.15, 0.2) is 24.3 Å². The highest BCUT2D eigenvalue weighted by Gasteiger charge is 2.10. The molecule has 1 aromatic carbocycles. The smallest absolute Gasteiger partial charge is 0.270 e. The number of carbonyl (C=O) groups is 1. The molecular formula is C10H8ClNO3. The number of halogens is 1. The van der Waals surface area contributed by atoms with Crippen molar-refractivity contribution in [2.24, 2.45) is 0 Å². The molecule has 0 amide bonds. The topological polar surface area (TPSA) is 60.2 Å². The first kappa shape index (κ1) is 11.4. The fourth-order valence-corrected chi connectivity index (χ4v) is 1.39. The molecule has 0 aliphatic rings. The summed E-state index contributed by atoms with van der Waals surface area (Å²) in [7, 11) is 0. The summed E-state index contributed by atoms with van der Waals surface area (Å²) in [4.78, 5) is 20.3. The molecule has 0 spiro atoms. The van der Waals surface area contributed by atoms with E-state index in [9.17, 15) is 14.9 Å². The number of hydrogen-bond donors (Lipinski definition) is 0. The van der Waals surface area contributed by atoms with Crippen LogP contribution >= 0.6 is 11.6 Å². The van der Waals surface area contributed by atoms with Crippen molar-refractivity contribution in [2.75, 3.05) is 0 Å². The van der Waals surface area contributed by atoms with E-state index in [0.29, 0.717) is 22.4 Å². The molecule has 0 heterocycles. The Hall–Kier alpha value is -1.68. The monoisotopic (exact) mass is 225 g/mol. The normalized spacial score (nSPS) is 11.2. The van der Waals surface area contributed by atoms with Gasteiger partial charge in [-0.3, -0.25) is 14.9 Å². The predicted molar refractivity (Wildman–Crippen MR) is 57.8 cm³/mol. The van der Waals surface area contributed by atoms with E-state index in [1.807, 2.05) is 0 Å². The second kappa shape index (κ2) is 4.70. The summed E-state index contributed by atoms with van der Waals surface area (Å²) < 4.78 is 0. The van der Waals surface area contributed by atoms with Gasteiger partial charge in [0.15, 0.2) is 0 Å². The van der Waals surface area contributed by atoms with Gasteiger partial charge in [0.05, 0.1) is 4.92 Å². The molecule has 0 aromatic heterocycles. The van der Waals surface area contributed by atoms with E-state index in [0.717, 1.165) is 0 Å². The molecule has 1 aromatic rings. The number of carbonyl (C=O) groups excluding carboxylic acids is 1. The maximum absolute atomic E-state index is 10.5. The van der Waals surface area contributed by atoms with Crippen LogP contribution < -0.4 is 0 Å². The van der Waals surface area contributed by atoms with Crippen molar-refractivity contribution in [3.63, 3.8) is 0 Å². The number of rotatable bonds is 3. The van der Waals surface area contributed by atoms with E-state index in [-0.39, 0.29) is 5.69 Å². The average molecular weight is 226 g/mol. The third kappa shape index (κ3) is 2.63. The van der Waals surface area contributed by atoms with Gasteiger partial charge in [-0.2, -0.15) is 0 Å². The minimum atomic E-state index is -0.506. The van der Waals surface area contributed by atoms with Crippen molar-refractivity contribution in [3.05, 3.63) is 45.0 Å². The predicted octanol–water partition coefficient (Wildman–Crippen LogP) is 2.85. The first-order valence-corrected chi connectivity index (χ1v) is 4.50. The maximum Gasteiger partial charge on any atom is 0.270 e. The van der Waals surface area contributed by atoms with Crippen molar-refractivity contribution in [1.29, 1.82) is 0 Å². The Labute approximate surface area is 91.3 Å². The van der Waals surface area contributed by atoms with Crippen molar-refractivity contribution in [3.8, 4) is 0 Å². The number of nitrogens with zero attached hydrogens (tertiary/aromatic N) is 1. The van der Waals surface area contributed by atoms with E-state index >= 15 is 0 Å². The lowest BCUT2D eigenvalue weighted by atomic mass is 10.1. The number of hydrogen-bond acceptors (Lipinski definition) is 3. The average Bonchev–Trinajstić information content (AvgIpc) is 2.18. The minimum absolute atomic E-state index is 0.0481. The fourth-order valence-electron chi connectivity index (χ4n) is 1.12. The molecule has 0 saturated carbocycles. The fraction of sp³-hybridized carbons (Fsp3) is 0.100. The zero-order valence-electron chi connectivity index (χ0n) is 7.94.